The van der Waals surface area contributed by atoms with Crippen LogP contribution in [-0.4, -0.2) is 84.0 Å². The summed E-state index contributed by atoms with van der Waals surface area (Å²) < 4.78 is 0. The lowest BCUT2D eigenvalue weighted by Gasteiger charge is -2.18. The summed E-state index contributed by atoms with van der Waals surface area (Å²) in [6.45, 7) is 5.19. The summed E-state index contributed by atoms with van der Waals surface area (Å²) in [5, 5.41) is 33.0. The predicted molar refractivity (Wildman–Crippen MR) is 102 cm³/mol. The van der Waals surface area contributed by atoms with E-state index in [0.29, 0.717) is 0 Å². The Balaban J connectivity index is -0.000000182. The van der Waals surface area contributed by atoms with E-state index in [1.54, 1.807) is 7.05 Å². The topological polar surface area (TPSA) is 165 Å². The van der Waals surface area contributed by atoms with Crippen molar-refractivity contribution in [3.05, 3.63) is 0 Å². The van der Waals surface area contributed by atoms with Gasteiger partial charge in [0, 0.05) is 7.05 Å². The van der Waals surface area contributed by atoms with E-state index in [0.717, 1.165) is 6.29 Å². The van der Waals surface area contributed by atoms with Gasteiger partial charge in [0.1, 0.15) is 18.4 Å². The third-order valence-corrected chi connectivity index (χ3v) is 2.54. The van der Waals surface area contributed by atoms with E-state index >= 15 is 0 Å². The fourth-order valence-electron chi connectivity index (χ4n) is 0.978. The van der Waals surface area contributed by atoms with Crippen LogP contribution in [0.3, 0.4) is 0 Å². The van der Waals surface area contributed by atoms with Crippen molar-refractivity contribution >= 4 is 36.5 Å². The molecule has 11 heteroatoms. The monoisotopic (exact) mass is 399 g/mol. The molecule has 2 atom stereocenters. The molecule has 0 bridgehead atoms. The second kappa shape index (κ2) is 25.7. The fraction of sp³-hybridized carbons (Fsp3) is 0.733. The van der Waals surface area contributed by atoms with E-state index in [1.165, 1.54) is 13.8 Å². The third kappa shape index (κ3) is 22.5. The van der Waals surface area contributed by atoms with Gasteiger partial charge in [-0.15, -0.1) is 0 Å². The Morgan fingerprint density at radius 1 is 1.08 bits per heavy atom. The molecule has 0 aromatic rings. The minimum absolute atomic E-state index is 0.0432. The highest BCUT2D eigenvalue weighted by molar-refractivity contribution is 7.81. The van der Waals surface area contributed by atoms with Crippen LogP contribution in [0.4, 0.5) is 0 Å². The summed E-state index contributed by atoms with van der Waals surface area (Å²) in [6, 6.07) is -1.98. The van der Waals surface area contributed by atoms with Gasteiger partial charge in [0.25, 0.3) is 0 Å². The Hall–Kier alpha value is -1.53. The van der Waals surface area contributed by atoms with Crippen LogP contribution in [0.2, 0.25) is 0 Å². The number of Topliss-reactive ketones (excluding diaryl/α,β-unsaturated/α-hetero) is 1. The molecule has 0 aliphatic carbocycles. The smallest absolute Gasteiger partial charge is 0.240 e. The van der Waals surface area contributed by atoms with Crippen LogP contribution in [0, 0.1) is 0 Å². The molecule has 0 aromatic heterocycles. The molecule has 0 aliphatic rings. The maximum absolute atomic E-state index is 11.3. The van der Waals surface area contributed by atoms with Gasteiger partial charge >= 0.3 is 0 Å². The molecule has 2 amide bonds. The molecule has 0 saturated heterocycles. The summed E-state index contributed by atoms with van der Waals surface area (Å²) in [6.07, 6.45) is 0.750. The number of amides is 2. The summed E-state index contributed by atoms with van der Waals surface area (Å²) in [5.74, 6) is -0.804. The molecule has 0 spiro atoms. The van der Waals surface area contributed by atoms with E-state index in [1.807, 2.05) is 13.8 Å². The maximum Gasteiger partial charge on any atom is 0.240 e. The number of carbonyl (C=O) groups excluding carboxylic acids is 4. The number of ketones is 1. The largest absolute Gasteiger partial charge is 0.394 e. The SMILES string of the molecule is CC.CC(=O)C(CO)NC(=O)C(CO)NCO.CC=O.CNC(=O)CS. The molecular weight excluding hydrogens is 366 g/mol. The number of hydrogen-bond acceptors (Lipinski definition) is 9. The molecule has 2 unspecified atom stereocenters. The van der Waals surface area contributed by atoms with Crippen molar-refractivity contribution in [3.8, 4) is 0 Å². The molecule has 0 radical (unpaired) electrons. The maximum atomic E-state index is 11.3. The van der Waals surface area contributed by atoms with Gasteiger partial charge in [-0.3, -0.25) is 19.7 Å². The van der Waals surface area contributed by atoms with Crippen LogP contribution in [0.1, 0.15) is 27.7 Å². The zero-order valence-electron chi connectivity index (χ0n) is 16.0. The van der Waals surface area contributed by atoms with Crippen molar-refractivity contribution in [1.29, 1.82) is 0 Å². The number of rotatable bonds is 8. The van der Waals surface area contributed by atoms with Crippen molar-refractivity contribution in [1.82, 2.24) is 16.0 Å². The highest BCUT2D eigenvalue weighted by atomic mass is 32.1. The van der Waals surface area contributed by atoms with Crippen molar-refractivity contribution in [2.75, 3.05) is 32.7 Å². The minimum Gasteiger partial charge on any atom is -0.394 e. The molecule has 10 nitrogen and oxygen atoms in total. The summed E-state index contributed by atoms with van der Waals surface area (Å²) in [4.78, 5) is 41.0. The van der Waals surface area contributed by atoms with Crippen molar-refractivity contribution in [3.63, 3.8) is 0 Å². The number of thiol groups is 1. The number of nitrogens with one attached hydrogen (secondary N) is 3. The van der Waals surface area contributed by atoms with Crippen molar-refractivity contribution < 1.29 is 34.5 Å². The predicted octanol–water partition coefficient (Wildman–Crippen LogP) is -2.15. The van der Waals surface area contributed by atoms with Crippen LogP contribution in [-0.2, 0) is 19.2 Å². The second-order valence-electron chi connectivity index (χ2n) is 4.02. The standard InChI is InChI=1S/C8H16N2O5.C3H7NOS.C2H4O.C2H6/c1-5(14)6(2-11)10-8(15)7(3-12)9-4-13;1-4-3(5)2-6;1-2-3;1-2/h6-7,9,11-13H,2-4H2,1H3,(H,10,15);6H,2H2,1H3,(H,4,5);2H,1H3;1-2H3. The lowest BCUT2D eigenvalue weighted by atomic mass is 10.2. The average Bonchev–Trinajstić information content (AvgIpc) is 2.65. The molecule has 0 saturated carbocycles. The summed E-state index contributed by atoms with van der Waals surface area (Å²) in [5.41, 5.74) is 0. The highest BCUT2D eigenvalue weighted by Gasteiger charge is 2.21. The van der Waals surface area contributed by atoms with Gasteiger partial charge in [-0.05, 0) is 13.8 Å². The first-order chi connectivity index (χ1) is 12.3. The molecule has 0 aliphatic heterocycles. The van der Waals surface area contributed by atoms with Crippen molar-refractivity contribution in [2.45, 2.75) is 39.8 Å². The van der Waals surface area contributed by atoms with Gasteiger partial charge in [-0.2, -0.15) is 12.6 Å². The van der Waals surface area contributed by atoms with Crippen molar-refractivity contribution in [2.24, 2.45) is 0 Å². The fourth-order valence-corrected chi connectivity index (χ4v) is 1.14. The molecule has 156 valence electrons. The Kier molecular flexibility index (Phi) is 31.8. The first-order valence-corrected chi connectivity index (χ1v) is 8.50. The Morgan fingerprint density at radius 2 is 1.50 bits per heavy atom. The van der Waals surface area contributed by atoms with Gasteiger partial charge in [-0.1, -0.05) is 13.8 Å². The third-order valence-electron chi connectivity index (χ3n) is 2.25. The summed E-state index contributed by atoms with van der Waals surface area (Å²) >= 11 is 3.68. The van der Waals surface area contributed by atoms with E-state index in [4.69, 9.17) is 20.1 Å². The average molecular weight is 400 g/mol. The molecule has 26 heavy (non-hydrogen) atoms. The van der Waals surface area contributed by atoms with Gasteiger partial charge in [0.05, 0.1) is 25.7 Å². The number of aliphatic hydroxyl groups excluding tert-OH is 3. The van der Waals surface area contributed by atoms with E-state index < -0.39 is 37.9 Å². The van der Waals surface area contributed by atoms with Crippen LogP contribution < -0.4 is 16.0 Å². The van der Waals surface area contributed by atoms with Crippen LogP contribution in [0.25, 0.3) is 0 Å². The Morgan fingerprint density at radius 3 is 1.69 bits per heavy atom. The van der Waals surface area contributed by atoms with Crippen LogP contribution in [0.5, 0.6) is 0 Å². The van der Waals surface area contributed by atoms with Gasteiger partial charge in [0.15, 0.2) is 5.78 Å². The second-order valence-corrected chi connectivity index (χ2v) is 4.34. The highest BCUT2D eigenvalue weighted by Crippen LogP contribution is 1.88. The summed E-state index contributed by atoms with van der Waals surface area (Å²) in [7, 11) is 1.58. The number of aldehydes is 1. The van der Waals surface area contributed by atoms with Crippen LogP contribution >= 0.6 is 12.6 Å². The molecular formula is C15H33N3O7S. The molecule has 0 aromatic carbocycles. The van der Waals surface area contributed by atoms with Gasteiger partial charge in [0.2, 0.25) is 11.8 Å². The Bertz CT molecular complexity index is 365. The quantitative estimate of drug-likeness (QED) is 0.138. The minimum atomic E-state index is -0.997. The molecule has 0 heterocycles. The van der Waals surface area contributed by atoms with Crippen LogP contribution in [0.15, 0.2) is 0 Å². The van der Waals surface area contributed by atoms with E-state index in [-0.39, 0.29) is 17.4 Å². The molecule has 0 rings (SSSR count). The Labute approximate surface area is 160 Å². The zero-order valence-corrected chi connectivity index (χ0v) is 16.9. The van der Waals surface area contributed by atoms with Gasteiger partial charge < -0.3 is 30.7 Å². The number of carbonyl (C=O) groups is 4. The molecule has 0 fully saturated rings. The molecule has 6 N–H and O–H groups in total. The first kappa shape index (κ1) is 32.2. The zero-order chi connectivity index (χ0) is 21.5. The lowest BCUT2D eigenvalue weighted by Crippen LogP contribution is -2.52. The van der Waals surface area contributed by atoms with E-state index in [2.05, 4.69) is 28.6 Å². The normalized spacial score (nSPS) is 10.8. The number of hydrogen-bond donors (Lipinski definition) is 7. The van der Waals surface area contributed by atoms with Gasteiger partial charge in [-0.25, -0.2) is 0 Å². The lowest BCUT2D eigenvalue weighted by molar-refractivity contribution is -0.130. The van der Waals surface area contributed by atoms with E-state index in [9.17, 15) is 14.4 Å². The first-order valence-electron chi connectivity index (χ1n) is 7.87. The number of aliphatic hydroxyl groups is 3.